The van der Waals surface area contributed by atoms with Crippen molar-refractivity contribution >= 4 is 23.4 Å². The smallest absolute Gasteiger partial charge is 0.336 e. The van der Waals surface area contributed by atoms with E-state index in [4.69, 9.17) is 5.26 Å². The Kier molecular flexibility index (Phi) is 8.22. The van der Waals surface area contributed by atoms with Crippen LogP contribution in [0.5, 0.6) is 0 Å². The number of hydrogen-bond acceptors (Lipinski definition) is 4. The van der Waals surface area contributed by atoms with Gasteiger partial charge in [-0.15, -0.1) is 0 Å². The standard InChI is InChI=1S/C30H32N4O3/c1-20-14-15-26(29(35)36)27(28(20)33-30(37)32-24-12-8-11-23(17-24)19-31)21(2)34-16-7-6-13-25(34)18-22-9-4-3-5-10-22/h3-5,8-12,14-15,17,21,25H,6-7,13,16,18H2,1-2H3,(H,35,36)(H2,32,33,37). The van der Waals surface area contributed by atoms with Crippen LogP contribution in [0.2, 0.25) is 0 Å². The molecule has 0 saturated carbocycles. The zero-order valence-corrected chi connectivity index (χ0v) is 21.2. The predicted molar refractivity (Wildman–Crippen MR) is 145 cm³/mol. The van der Waals surface area contributed by atoms with Gasteiger partial charge in [0.2, 0.25) is 0 Å². The van der Waals surface area contributed by atoms with E-state index in [-0.39, 0.29) is 17.6 Å². The van der Waals surface area contributed by atoms with Gasteiger partial charge in [0.1, 0.15) is 0 Å². The summed E-state index contributed by atoms with van der Waals surface area (Å²) in [6.07, 6.45) is 4.10. The molecule has 0 aromatic heterocycles. The summed E-state index contributed by atoms with van der Waals surface area (Å²) in [6.45, 7) is 4.76. The van der Waals surface area contributed by atoms with Crippen LogP contribution in [0.4, 0.5) is 16.2 Å². The van der Waals surface area contributed by atoms with Gasteiger partial charge in [-0.1, -0.05) is 48.9 Å². The van der Waals surface area contributed by atoms with Crippen molar-refractivity contribution in [2.45, 2.75) is 51.6 Å². The van der Waals surface area contributed by atoms with Crippen molar-refractivity contribution in [1.82, 2.24) is 4.90 Å². The number of likely N-dealkylation sites (tertiary alicyclic amines) is 1. The summed E-state index contributed by atoms with van der Waals surface area (Å²) in [5, 5.41) is 24.9. The first-order valence-corrected chi connectivity index (χ1v) is 12.6. The summed E-state index contributed by atoms with van der Waals surface area (Å²) in [5.74, 6) is -1.02. The molecule has 7 nitrogen and oxygen atoms in total. The highest BCUT2D eigenvalue weighted by molar-refractivity contribution is 6.02. The molecule has 2 amide bonds. The average Bonchev–Trinajstić information content (AvgIpc) is 2.90. The fourth-order valence-electron chi connectivity index (χ4n) is 5.26. The molecule has 1 saturated heterocycles. The van der Waals surface area contributed by atoms with Crippen LogP contribution in [0, 0.1) is 18.3 Å². The monoisotopic (exact) mass is 496 g/mol. The molecule has 1 aliphatic heterocycles. The second-order valence-electron chi connectivity index (χ2n) is 9.55. The van der Waals surface area contributed by atoms with E-state index in [2.05, 4.69) is 33.7 Å². The minimum Gasteiger partial charge on any atom is -0.478 e. The molecular formula is C30H32N4O3. The SMILES string of the molecule is Cc1ccc(C(=O)O)c(C(C)N2CCCCC2Cc2ccccc2)c1NC(=O)Nc1cccc(C#N)c1. The lowest BCUT2D eigenvalue weighted by atomic mass is 9.89. The number of amides is 2. The third kappa shape index (κ3) is 6.16. The summed E-state index contributed by atoms with van der Waals surface area (Å²) < 4.78 is 0. The molecule has 0 aliphatic carbocycles. The number of benzene rings is 3. The van der Waals surface area contributed by atoms with Crippen LogP contribution >= 0.6 is 0 Å². The topological polar surface area (TPSA) is 105 Å². The molecular weight excluding hydrogens is 464 g/mol. The predicted octanol–water partition coefficient (Wildman–Crippen LogP) is 6.37. The van der Waals surface area contributed by atoms with Crippen LogP contribution in [0.1, 0.15) is 64.8 Å². The van der Waals surface area contributed by atoms with Gasteiger partial charge in [0.25, 0.3) is 0 Å². The molecule has 3 N–H and O–H groups in total. The number of nitriles is 1. The van der Waals surface area contributed by atoms with Crippen LogP contribution in [-0.4, -0.2) is 34.6 Å². The third-order valence-electron chi connectivity index (χ3n) is 7.07. The number of nitrogens with one attached hydrogen (secondary N) is 2. The van der Waals surface area contributed by atoms with Crippen molar-refractivity contribution in [3.8, 4) is 6.07 Å². The van der Waals surface area contributed by atoms with Crippen molar-refractivity contribution in [1.29, 1.82) is 5.26 Å². The maximum absolute atomic E-state index is 13.0. The number of anilines is 2. The summed E-state index contributed by atoms with van der Waals surface area (Å²) in [6, 6.07) is 22.0. The molecule has 1 fully saturated rings. The molecule has 4 rings (SSSR count). The normalized spacial score (nSPS) is 16.4. The van der Waals surface area contributed by atoms with Crippen LogP contribution < -0.4 is 10.6 Å². The van der Waals surface area contributed by atoms with Crippen LogP contribution in [0.3, 0.4) is 0 Å². The molecule has 0 spiro atoms. The van der Waals surface area contributed by atoms with Gasteiger partial charge in [-0.05, 0) is 75.0 Å². The number of urea groups is 1. The zero-order valence-electron chi connectivity index (χ0n) is 21.2. The van der Waals surface area contributed by atoms with Crippen molar-refractivity contribution in [2.75, 3.05) is 17.2 Å². The molecule has 2 atom stereocenters. The number of aromatic carboxylic acids is 1. The number of carboxylic acids is 1. The van der Waals surface area contributed by atoms with Crippen LogP contribution in [0.25, 0.3) is 0 Å². The fraction of sp³-hybridized carbons (Fsp3) is 0.300. The van der Waals surface area contributed by atoms with Gasteiger partial charge in [0.15, 0.2) is 0 Å². The first-order chi connectivity index (χ1) is 17.9. The van der Waals surface area contributed by atoms with Gasteiger partial charge in [-0.25, -0.2) is 9.59 Å². The number of hydrogen-bond donors (Lipinski definition) is 3. The maximum Gasteiger partial charge on any atom is 0.336 e. The molecule has 1 aliphatic rings. The lowest BCUT2D eigenvalue weighted by Gasteiger charge is -2.41. The quantitative estimate of drug-likeness (QED) is 0.353. The number of carbonyl (C=O) groups excluding carboxylic acids is 1. The fourth-order valence-corrected chi connectivity index (χ4v) is 5.26. The summed E-state index contributed by atoms with van der Waals surface area (Å²) in [4.78, 5) is 27.7. The number of aryl methyl sites for hydroxylation is 1. The van der Waals surface area contributed by atoms with Gasteiger partial charge in [0.05, 0.1) is 22.9 Å². The van der Waals surface area contributed by atoms with Gasteiger partial charge < -0.3 is 15.7 Å². The Bertz CT molecular complexity index is 1320. The van der Waals surface area contributed by atoms with Gasteiger partial charge >= 0.3 is 12.0 Å². The summed E-state index contributed by atoms with van der Waals surface area (Å²) in [7, 11) is 0. The molecule has 1 heterocycles. The van der Waals surface area contributed by atoms with E-state index in [1.807, 2.05) is 32.0 Å². The molecule has 190 valence electrons. The lowest BCUT2D eigenvalue weighted by Crippen LogP contribution is -2.43. The number of carbonyl (C=O) groups is 2. The molecule has 3 aromatic rings. The van der Waals surface area contributed by atoms with Gasteiger partial charge in [0, 0.05) is 23.3 Å². The highest BCUT2D eigenvalue weighted by Gasteiger charge is 2.32. The maximum atomic E-state index is 13.0. The van der Waals surface area contributed by atoms with Crippen molar-refractivity contribution in [2.24, 2.45) is 0 Å². The number of rotatable bonds is 7. The first-order valence-electron chi connectivity index (χ1n) is 12.6. The first kappa shape index (κ1) is 25.9. The minimum atomic E-state index is -1.02. The summed E-state index contributed by atoms with van der Waals surface area (Å²) >= 11 is 0. The minimum absolute atomic E-state index is 0.184. The number of piperidine rings is 1. The second kappa shape index (κ2) is 11.7. The molecule has 3 aromatic carbocycles. The third-order valence-corrected chi connectivity index (χ3v) is 7.07. The van der Waals surface area contributed by atoms with Crippen molar-refractivity contribution in [3.63, 3.8) is 0 Å². The van der Waals surface area contributed by atoms with Crippen LogP contribution in [0.15, 0.2) is 66.7 Å². The molecule has 7 heteroatoms. The Morgan fingerprint density at radius 1 is 1.08 bits per heavy atom. The van der Waals surface area contributed by atoms with E-state index in [1.54, 1.807) is 36.4 Å². The zero-order chi connectivity index (χ0) is 26.4. The Morgan fingerprint density at radius 3 is 2.59 bits per heavy atom. The Morgan fingerprint density at radius 2 is 1.86 bits per heavy atom. The van der Waals surface area contributed by atoms with E-state index >= 15 is 0 Å². The van der Waals surface area contributed by atoms with Gasteiger partial charge in [-0.2, -0.15) is 5.26 Å². The van der Waals surface area contributed by atoms with E-state index in [9.17, 15) is 14.7 Å². The summed E-state index contributed by atoms with van der Waals surface area (Å²) in [5.41, 5.74) is 4.25. The number of nitrogens with zero attached hydrogens (tertiary/aromatic N) is 2. The van der Waals surface area contributed by atoms with E-state index in [1.165, 1.54) is 5.56 Å². The highest BCUT2D eigenvalue weighted by atomic mass is 16.4. The number of carboxylic acid groups (broad SMARTS) is 1. The lowest BCUT2D eigenvalue weighted by molar-refractivity contribution is 0.0684. The Labute approximate surface area is 217 Å². The largest absolute Gasteiger partial charge is 0.478 e. The van der Waals surface area contributed by atoms with E-state index in [0.29, 0.717) is 22.5 Å². The van der Waals surface area contributed by atoms with Crippen LogP contribution in [-0.2, 0) is 6.42 Å². The highest BCUT2D eigenvalue weighted by Crippen LogP contribution is 2.37. The van der Waals surface area contributed by atoms with E-state index in [0.717, 1.165) is 37.8 Å². The van der Waals surface area contributed by atoms with Crippen molar-refractivity contribution < 1.29 is 14.7 Å². The Balaban J connectivity index is 1.65. The van der Waals surface area contributed by atoms with Crippen molar-refractivity contribution in [3.05, 3.63) is 94.5 Å². The Hall–Kier alpha value is -4.15. The van der Waals surface area contributed by atoms with E-state index < -0.39 is 12.0 Å². The second-order valence-corrected chi connectivity index (χ2v) is 9.55. The molecule has 0 bridgehead atoms. The molecule has 0 radical (unpaired) electrons. The van der Waals surface area contributed by atoms with Gasteiger partial charge in [-0.3, -0.25) is 4.90 Å². The molecule has 37 heavy (non-hydrogen) atoms. The molecule has 2 unspecified atom stereocenters. The average molecular weight is 497 g/mol.